The molecule has 2 rings (SSSR count). The molecule has 0 atom stereocenters. The first kappa shape index (κ1) is 32.2. The first-order chi connectivity index (χ1) is 18.9. The second-order valence-electron chi connectivity index (χ2n) is 10.9. The van der Waals surface area contributed by atoms with Crippen LogP contribution in [0.5, 0.6) is 23.0 Å². The highest BCUT2D eigenvalue weighted by Crippen LogP contribution is 2.34. The molecule has 40 heavy (non-hydrogen) atoms. The van der Waals surface area contributed by atoms with Crippen LogP contribution in [0, 0.1) is 0 Å². The summed E-state index contributed by atoms with van der Waals surface area (Å²) in [5.41, 5.74) is 6.34. The standard InChI is InChI=1S/C35H44O5/c1-23(2)9-7-11-25(5)13-16-28-21-27(22-33(38)34(28)39)15-19-31(36)30-18-20-32(37)29(35(30)40)17-14-26(6)12-8-10-24(3)4/h9-10,13-15,18-22,37-40H,7-8,11-12,16-17H2,1-6H3. The van der Waals surface area contributed by atoms with Crippen molar-refractivity contribution in [2.75, 3.05) is 0 Å². The van der Waals surface area contributed by atoms with E-state index in [1.54, 1.807) is 6.07 Å². The molecular weight excluding hydrogens is 500 g/mol. The second-order valence-corrected chi connectivity index (χ2v) is 10.9. The molecule has 5 nitrogen and oxygen atoms in total. The van der Waals surface area contributed by atoms with Crippen LogP contribution in [0.3, 0.4) is 0 Å². The van der Waals surface area contributed by atoms with E-state index in [-0.39, 0.29) is 28.6 Å². The zero-order valence-corrected chi connectivity index (χ0v) is 24.7. The Hall–Kier alpha value is -3.99. The van der Waals surface area contributed by atoms with E-state index in [0.29, 0.717) is 29.5 Å². The minimum Gasteiger partial charge on any atom is -0.508 e. The van der Waals surface area contributed by atoms with Crippen LogP contribution in [-0.2, 0) is 12.8 Å². The maximum atomic E-state index is 13.0. The van der Waals surface area contributed by atoms with Gasteiger partial charge in [-0.15, -0.1) is 0 Å². The van der Waals surface area contributed by atoms with Crippen molar-refractivity contribution in [3.05, 3.63) is 99.2 Å². The van der Waals surface area contributed by atoms with Crippen LogP contribution in [0.15, 0.2) is 76.9 Å². The van der Waals surface area contributed by atoms with Gasteiger partial charge < -0.3 is 20.4 Å². The SMILES string of the molecule is CC(C)=CCCC(C)=CCc1cc(C=CC(=O)c2ccc(O)c(CC=C(C)CCC=C(C)C)c2O)cc(O)c1O. The van der Waals surface area contributed by atoms with Crippen molar-refractivity contribution in [1.29, 1.82) is 0 Å². The van der Waals surface area contributed by atoms with Crippen molar-refractivity contribution in [2.24, 2.45) is 0 Å². The van der Waals surface area contributed by atoms with Gasteiger partial charge in [0.1, 0.15) is 11.5 Å². The van der Waals surface area contributed by atoms with Gasteiger partial charge in [0.2, 0.25) is 0 Å². The Bertz CT molecular complexity index is 1340. The zero-order chi connectivity index (χ0) is 29.8. The van der Waals surface area contributed by atoms with Crippen molar-refractivity contribution >= 4 is 11.9 Å². The van der Waals surface area contributed by atoms with Gasteiger partial charge in [-0.1, -0.05) is 52.7 Å². The van der Waals surface area contributed by atoms with E-state index in [2.05, 4.69) is 39.8 Å². The van der Waals surface area contributed by atoms with Crippen LogP contribution in [0.25, 0.3) is 6.08 Å². The number of carbonyl (C=O) groups excluding carboxylic acids is 1. The minimum atomic E-state index is -0.438. The summed E-state index contributed by atoms with van der Waals surface area (Å²) < 4.78 is 0. The summed E-state index contributed by atoms with van der Waals surface area (Å²) in [5.74, 6) is -1.19. The fourth-order valence-corrected chi connectivity index (χ4v) is 4.18. The monoisotopic (exact) mass is 544 g/mol. The summed E-state index contributed by atoms with van der Waals surface area (Å²) >= 11 is 0. The highest BCUT2D eigenvalue weighted by molar-refractivity contribution is 6.09. The van der Waals surface area contributed by atoms with E-state index in [9.17, 15) is 25.2 Å². The van der Waals surface area contributed by atoms with Gasteiger partial charge in [0.25, 0.3) is 0 Å². The topological polar surface area (TPSA) is 98.0 Å². The molecule has 214 valence electrons. The lowest BCUT2D eigenvalue weighted by atomic mass is 9.99. The summed E-state index contributed by atoms with van der Waals surface area (Å²) in [6, 6.07) is 5.93. The van der Waals surface area contributed by atoms with Crippen molar-refractivity contribution < 1.29 is 25.2 Å². The number of hydrogen-bond donors (Lipinski definition) is 4. The third kappa shape index (κ3) is 10.3. The number of rotatable bonds is 13. The molecule has 0 bridgehead atoms. The van der Waals surface area contributed by atoms with Gasteiger partial charge in [0.05, 0.1) is 5.56 Å². The van der Waals surface area contributed by atoms with Gasteiger partial charge in [-0.2, -0.15) is 0 Å². The van der Waals surface area contributed by atoms with E-state index < -0.39 is 5.78 Å². The molecule has 0 spiro atoms. The van der Waals surface area contributed by atoms with Crippen molar-refractivity contribution in [3.63, 3.8) is 0 Å². The van der Waals surface area contributed by atoms with Crippen molar-refractivity contribution in [3.8, 4) is 23.0 Å². The molecule has 4 N–H and O–H groups in total. The molecule has 0 aliphatic carbocycles. The van der Waals surface area contributed by atoms with Crippen molar-refractivity contribution in [1.82, 2.24) is 0 Å². The Morgan fingerprint density at radius 3 is 1.85 bits per heavy atom. The number of phenolic OH excluding ortho intramolecular Hbond substituents is 4. The highest BCUT2D eigenvalue weighted by Gasteiger charge is 2.16. The lowest BCUT2D eigenvalue weighted by Gasteiger charge is -2.10. The van der Waals surface area contributed by atoms with Crippen LogP contribution in [-0.4, -0.2) is 26.2 Å². The fourth-order valence-electron chi connectivity index (χ4n) is 4.18. The number of allylic oxidation sites excluding steroid dienone is 9. The maximum absolute atomic E-state index is 13.0. The van der Waals surface area contributed by atoms with E-state index >= 15 is 0 Å². The molecule has 0 amide bonds. The summed E-state index contributed by atoms with van der Waals surface area (Å²) in [4.78, 5) is 13.0. The number of phenols is 4. The molecule has 5 heteroatoms. The van der Waals surface area contributed by atoms with Crippen LogP contribution in [0.2, 0.25) is 0 Å². The summed E-state index contributed by atoms with van der Waals surface area (Å²) in [5, 5.41) is 41.7. The average molecular weight is 545 g/mol. The van der Waals surface area contributed by atoms with Crippen LogP contribution < -0.4 is 0 Å². The molecule has 0 fully saturated rings. The van der Waals surface area contributed by atoms with Gasteiger partial charge in [-0.25, -0.2) is 0 Å². The predicted octanol–water partition coefficient (Wildman–Crippen LogP) is 8.88. The van der Waals surface area contributed by atoms with Crippen LogP contribution in [0.4, 0.5) is 0 Å². The number of aromatic hydroxyl groups is 4. The van der Waals surface area contributed by atoms with Gasteiger partial charge in [0.15, 0.2) is 17.3 Å². The number of ketones is 1. The average Bonchev–Trinajstić information content (AvgIpc) is 2.87. The normalized spacial score (nSPS) is 12.1. The van der Waals surface area contributed by atoms with Gasteiger partial charge in [-0.3, -0.25) is 4.79 Å². The molecule has 0 aliphatic rings. The lowest BCUT2D eigenvalue weighted by molar-refractivity contribution is 0.104. The van der Waals surface area contributed by atoms with Gasteiger partial charge >= 0.3 is 0 Å². The molecule has 0 heterocycles. The van der Waals surface area contributed by atoms with Crippen molar-refractivity contribution in [2.45, 2.75) is 80.1 Å². The Labute approximate surface area is 239 Å². The van der Waals surface area contributed by atoms with E-state index in [1.165, 1.54) is 47.1 Å². The largest absolute Gasteiger partial charge is 0.508 e. The molecule has 0 saturated heterocycles. The number of benzene rings is 2. The molecule has 2 aromatic carbocycles. The number of hydrogen-bond acceptors (Lipinski definition) is 5. The Morgan fingerprint density at radius 2 is 1.27 bits per heavy atom. The highest BCUT2D eigenvalue weighted by atomic mass is 16.3. The third-order valence-corrected chi connectivity index (χ3v) is 6.65. The summed E-state index contributed by atoms with van der Waals surface area (Å²) in [6.07, 6.45) is 15.6. The quantitative estimate of drug-likeness (QED) is 0.0874. The third-order valence-electron chi connectivity index (χ3n) is 6.65. The zero-order valence-electron chi connectivity index (χ0n) is 24.7. The summed E-state index contributed by atoms with van der Waals surface area (Å²) in [7, 11) is 0. The van der Waals surface area contributed by atoms with Gasteiger partial charge in [0, 0.05) is 11.1 Å². The predicted molar refractivity (Wildman–Crippen MR) is 165 cm³/mol. The first-order valence-corrected chi connectivity index (χ1v) is 13.8. The Balaban J connectivity index is 2.20. The summed E-state index contributed by atoms with van der Waals surface area (Å²) in [6.45, 7) is 12.3. The van der Waals surface area contributed by atoms with E-state index in [1.807, 2.05) is 26.0 Å². The van der Waals surface area contributed by atoms with Crippen LogP contribution >= 0.6 is 0 Å². The van der Waals surface area contributed by atoms with E-state index in [4.69, 9.17) is 0 Å². The molecule has 0 aliphatic heterocycles. The second kappa shape index (κ2) is 15.6. The molecule has 0 radical (unpaired) electrons. The number of carbonyl (C=O) groups is 1. The Morgan fingerprint density at radius 1 is 0.700 bits per heavy atom. The first-order valence-electron chi connectivity index (χ1n) is 13.8. The molecule has 0 saturated carbocycles. The molecule has 0 unspecified atom stereocenters. The smallest absolute Gasteiger partial charge is 0.189 e. The van der Waals surface area contributed by atoms with Gasteiger partial charge in [-0.05, 0) is 116 Å². The fraction of sp³-hybridized carbons (Fsp3) is 0.343. The lowest BCUT2D eigenvalue weighted by Crippen LogP contribution is -1.98. The minimum absolute atomic E-state index is 0.0660. The molecule has 0 aromatic heterocycles. The molecule has 2 aromatic rings. The molecular formula is C35H44O5. The van der Waals surface area contributed by atoms with E-state index in [0.717, 1.165) is 31.3 Å². The van der Waals surface area contributed by atoms with Crippen LogP contribution in [0.1, 0.15) is 94.3 Å². The maximum Gasteiger partial charge on any atom is 0.189 e. The Kier molecular flexibility index (Phi) is 12.5.